The summed E-state index contributed by atoms with van der Waals surface area (Å²) in [5.41, 5.74) is 4.11. The van der Waals surface area contributed by atoms with Crippen LogP contribution in [0.15, 0.2) is 77.9 Å². The lowest BCUT2D eigenvalue weighted by molar-refractivity contribution is 0.626. The van der Waals surface area contributed by atoms with Crippen molar-refractivity contribution < 1.29 is 8.78 Å². The second-order valence-corrected chi connectivity index (χ2v) is 5.78. The molecule has 1 heterocycles. The molecule has 0 aliphatic heterocycles. The molecule has 6 heteroatoms. The number of hydrazone groups is 1. The van der Waals surface area contributed by atoms with E-state index in [0.29, 0.717) is 22.5 Å². The molecular weight excluding hydrogens is 346 g/mol. The maximum Gasteiger partial charge on any atom is 0.165 e. The maximum atomic E-state index is 14.2. The summed E-state index contributed by atoms with van der Waals surface area (Å²) in [6.07, 6.45) is 1.37. The number of nitrogens with zero attached hydrogens (tertiary/aromatic N) is 3. The molecule has 0 aliphatic carbocycles. The zero-order valence-electron chi connectivity index (χ0n) is 14.1. The highest BCUT2D eigenvalue weighted by Gasteiger charge is 2.12. The van der Waals surface area contributed by atoms with Crippen LogP contribution in [-0.2, 0) is 0 Å². The Morgan fingerprint density at radius 1 is 0.778 bits per heavy atom. The molecule has 1 aromatic heterocycles. The first kappa shape index (κ1) is 16.8. The van der Waals surface area contributed by atoms with Crippen LogP contribution in [0.2, 0.25) is 0 Å². The highest BCUT2D eigenvalue weighted by atomic mass is 19.1. The van der Waals surface area contributed by atoms with Crippen molar-refractivity contribution in [2.45, 2.75) is 0 Å². The van der Waals surface area contributed by atoms with Gasteiger partial charge in [-0.3, -0.25) is 5.43 Å². The fourth-order valence-electron chi connectivity index (χ4n) is 2.67. The quantitative estimate of drug-likeness (QED) is 0.411. The first-order valence-electron chi connectivity index (χ1n) is 8.27. The van der Waals surface area contributed by atoms with Crippen molar-refractivity contribution in [1.82, 2.24) is 9.97 Å². The van der Waals surface area contributed by atoms with E-state index in [0.717, 1.165) is 5.39 Å². The van der Waals surface area contributed by atoms with E-state index in [1.165, 1.54) is 18.3 Å². The van der Waals surface area contributed by atoms with Crippen LogP contribution >= 0.6 is 0 Å². The fraction of sp³-hybridized carbons (Fsp3) is 0. The van der Waals surface area contributed by atoms with Gasteiger partial charge in [-0.2, -0.15) is 5.10 Å². The molecule has 0 amide bonds. The van der Waals surface area contributed by atoms with Crippen LogP contribution in [0.4, 0.5) is 14.6 Å². The average molecular weight is 360 g/mol. The molecular formula is C21H14F2N4. The van der Waals surface area contributed by atoms with Crippen molar-refractivity contribution in [3.05, 3.63) is 90.0 Å². The number of fused-ring (bicyclic) bond motifs is 1. The van der Waals surface area contributed by atoms with Crippen molar-refractivity contribution in [3.63, 3.8) is 0 Å². The number of para-hydroxylation sites is 1. The Morgan fingerprint density at radius 3 is 2.30 bits per heavy atom. The number of halogens is 2. The molecule has 0 atom stereocenters. The molecule has 0 aliphatic rings. The Labute approximate surface area is 154 Å². The van der Waals surface area contributed by atoms with E-state index in [9.17, 15) is 8.78 Å². The van der Waals surface area contributed by atoms with Crippen LogP contribution in [0.1, 0.15) is 5.56 Å². The molecule has 4 aromatic rings. The molecule has 0 saturated heterocycles. The third-order valence-corrected chi connectivity index (χ3v) is 4.00. The minimum Gasteiger partial charge on any atom is -0.261 e. The van der Waals surface area contributed by atoms with Crippen molar-refractivity contribution in [2.24, 2.45) is 5.10 Å². The van der Waals surface area contributed by atoms with Crippen LogP contribution in [0.25, 0.3) is 22.3 Å². The maximum absolute atomic E-state index is 14.2. The van der Waals surface area contributed by atoms with Crippen LogP contribution in [0, 0.1) is 11.6 Å². The molecule has 27 heavy (non-hydrogen) atoms. The van der Waals surface area contributed by atoms with E-state index in [4.69, 9.17) is 0 Å². The number of nitrogens with one attached hydrogen (secondary N) is 1. The summed E-state index contributed by atoms with van der Waals surface area (Å²) in [5.74, 6) is -0.127. The van der Waals surface area contributed by atoms with Crippen molar-refractivity contribution in [2.75, 3.05) is 5.43 Å². The number of rotatable bonds is 4. The van der Waals surface area contributed by atoms with Crippen molar-refractivity contribution >= 4 is 22.9 Å². The predicted octanol–water partition coefficient (Wildman–Crippen LogP) is 5.02. The highest BCUT2D eigenvalue weighted by Crippen LogP contribution is 2.26. The van der Waals surface area contributed by atoms with Gasteiger partial charge in [-0.05, 0) is 30.3 Å². The second-order valence-electron chi connectivity index (χ2n) is 5.78. The van der Waals surface area contributed by atoms with E-state index >= 15 is 0 Å². The van der Waals surface area contributed by atoms with Crippen LogP contribution in [-0.4, -0.2) is 16.2 Å². The minimum atomic E-state index is -0.409. The Bertz CT molecular complexity index is 1140. The molecule has 0 saturated carbocycles. The van der Waals surface area contributed by atoms with Gasteiger partial charge in [0.2, 0.25) is 0 Å². The smallest absolute Gasteiger partial charge is 0.165 e. The normalized spacial score (nSPS) is 11.2. The summed E-state index contributed by atoms with van der Waals surface area (Å²) in [4.78, 5) is 8.86. The minimum absolute atomic E-state index is 0.246. The van der Waals surface area contributed by atoms with Gasteiger partial charge in [-0.15, -0.1) is 0 Å². The second kappa shape index (κ2) is 7.29. The number of anilines is 1. The number of aromatic nitrogens is 2. The van der Waals surface area contributed by atoms with Crippen LogP contribution in [0.5, 0.6) is 0 Å². The van der Waals surface area contributed by atoms with Gasteiger partial charge in [-0.25, -0.2) is 18.7 Å². The largest absolute Gasteiger partial charge is 0.261 e. The lowest BCUT2D eigenvalue weighted by atomic mass is 10.1. The molecule has 4 nitrogen and oxygen atoms in total. The summed E-state index contributed by atoms with van der Waals surface area (Å²) in [5, 5.41) is 4.81. The Balaban J connectivity index is 1.75. The monoisotopic (exact) mass is 360 g/mol. The van der Waals surface area contributed by atoms with Gasteiger partial charge in [-0.1, -0.05) is 42.5 Å². The predicted molar refractivity (Wildman–Crippen MR) is 103 cm³/mol. The van der Waals surface area contributed by atoms with Gasteiger partial charge in [0.15, 0.2) is 11.6 Å². The van der Waals surface area contributed by atoms with Gasteiger partial charge in [0.05, 0.1) is 17.3 Å². The summed E-state index contributed by atoms with van der Waals surface area (Å²) in [7, 11) is 0. The third-order valence-electron chi connectivity index (χ3n) is 4.00. The topological polar surface area (TPSA) is 50.2 Å². The average Bonchev–Trinajstić information content (AvgIpc) is 2.69. The summed E-state index contributed by atoms with van der Waals surface area (Å²) < 4.78 is 27.9. The summed E-state index contributed by atoms with van der Waals surface area (Å²) >= 11 is 0. The van der Waals surface area contributed by atoms with Crippen LogP contribution in [0.3, 0.4) is 0 Å². The van der Waals surface area contributed by atoms with E-state index in [-0.39, 0.29) is 11.6 Å². The van der Waals surface area contributed by atoms with Gasteiger partial charge >= 0.3 is 0 Å². The van der Waals surface area contributed by atoms with Gasteiger partial charge in [0.25, 0.3) is 0 Å². The van der Waals surface area contributed by atoms with E-state index in [1.807, 2.05) is 24.3 Å². The molecule has 3 aromatic carbocycles. The zero-order valence-corrected chi connectivity index (χ0v) is 14.1. The lowest BCUT2D eigenvalue weighted by Gasteiger charge is -2.08. The van der Waals surface area contributed by atoms with E-state index < -0.39 is 5.82 Å². The Kier molecular flexibility index (Phi) is 4.53. The molecule has 4 rings (SSSR count). The summed E-state index contributed by atoms with van der Waals surface area (Å²) in [6, 6.07) is 19.9. The standard InChI is InChI=1S/C21H14F2N4/c22-17-10-4-1-7-14(17)13-24-27-21-16-9-3-6-12-19(16)25-20(26-21)15-8-2-5-11-18(15)23/h1-13H,(H,25,26,27)/b24-13+. The zero-order chi connectivity index (χ0) is 18.6. The summed E-state index contributed by atoms with van der Waals surface area (Å²) in [6.45, 7) is 0. The molecule has 0 unspecified atom stereocenters. The van der Waals surface area contributed by atoms with E-state index in [2.05, 4.69) is 20.5 Å². The van der Waals surface area contributed by atoms with Crippen LogP contribution < -0.4 is 5.43 Å². The number of hydrogen-bond donors (Lipinski definition) is 1. The molecule has 0 fully saturated rings. The SMILES string of the molecule is Fc1ccccc1/C=N/Nc1nc(-c2ccccc2F)nc2ccccc12. The van der Waals surface area contributed by atoms with Gasteiger partial charge in [0.1, 0.15) is 11.6 Å². The number of benzene rings is 3. The molecule has 0 spiro atoms. The van der Waals surface area contributed by atoms with E-state index in [1.54, 1.807) is 36.4 Å². The van der Waals surface area contributed by atoms with Crippen molar-refractivity contribution in [3.8, 4) is 11.4 Å². The van der Waals surface area contributed by atoms with Gasteiger partial charge < -0.3 is 0 Å². The Morgan fingerprint density at radius 2 is 1.48 bits per heavy atom. The molecule has 0 radical (unpaired) electrons. The highest BCUT2D eigenvalue weighted by molar-refractivity contribution is 5.91. The first-order chi connectivity index (χ1) is 13.2. The molecule has 0 bridgehead atoms. The van der Waals surface area contributed by atoms with Gasteiger partial charge in [0, 0.05) is 10.9 Å². The third kappa shape index (κ3) is 3.50. The molecule has 132 valence electrons. The first-order valence-corrected chi connectivity index (χ1v) is 8.27. The lowest BCUT2D eigenvalue weighted by Crippen LogP contribution is -2.00. The number of hydrogen-bond acceptors (Lipinski definition) is 4. The van der Waals surface area contributed by atoms with Crippen molar-refractivity contribution in [1.29, 1.82) is 0 Å². The fourth-order valence-corrected chi connectivity index (χ4v) is 2.67. The Hall–Kier alpha value is -3.67. The molecule has 1 N–H and O–H groups in total.